The molecule has 0 bridgehead atoms. The molecular weight excluding hydrogens is 488 g/mol. The molecular formula is C30H43BrO3. The van der Waals surface area contributed by atoms with Crippen LogP contribution in [-0.2, 0) is 9.53 Å². The minimum Gasteiger partial charge on any atom is -0.461 e. The van der Waals surface area contributed by atoms with Gasteiger partial charge in [0, 0.05) is 5.92 Å². The third-order valence-electron chi connectivity index (χ3n) is 8.46. The number of benzene rings is 1. The highest BCUT2D eigenvalue weighted by Crippen LogP contribution is 2.60. The van der Waals surface area contributed by atoms with Gasteiger partial charge in [0.1, 0.15) is 6.61 Å². The van der Waals surface area contributed by atoms with Crippen LogP contribution in [0.3, 0.4) is 0 Å². The van der Waals surface area contributed by atoms with Crippen molar-refractivity contribution in [2.24, 2.45) is 28.6 Å². The lowest BCUT2D eigenvalue weighted by molar-refractivity contribution is -0.152. The van der Waals surface area contributed by atoms with Crippen LogP contribution in [0.4, 0.5) is 0 Å². The second-order valence-corrected chi connectivity index (χ2v) is 12.4. The van der Waals surface area contributed by atoms with Crippen LogP contribution in [0.5, 0.6) is 0 Å². The highest BCUT2D eigenvalue weighted by atomic mass is 79.9. The smallest absolute Gasteiger partial charge is 0.311 e. The summed E-state index contributed by atoms with van der Waals surface area (Å²) < 4.78 is 5.58. The van der Waals surface area contributed by atoms with Crippen LogP contribution in [-0.4, -0.2) is 23.8 Å². The second-order valence-electron chi connectivity index (χ2n) is 11.9. The summed E-state index contributed by atoms with van der Waals surface area (Å²) in [5, 5.41) is 11.5. The van der Waals surface area contributed by atoms with E-state index in [0.29, 0.717) is 29.6 Å². The Kier molecular flexibility index (Phi) is 8.90. The first-order valence-electron chi connectivity index (χ1n) is 12.9. The quantitative estimate of drug-likeness (QED) is 0.275. The van der Waals surface area contributed by atoms with Crippen molar-refractivity contribution < 1.29 is 14.6 Å². The van der Waals surface area contributed by atoms with Crippen LogP contribution in [0.1, 0.15) is 84.6 Å². The van der Waals surface area contributed by atoms with E-state index in [2.05, 4.69) is 41.3 Å². The zero-order valence-electron chi connectivity index (χ0n) is 21.6. The molecule has 0 aromatic heterocycles. The first-order chi connectivity index (χ1) is 16.0. The first-order valence-corrected chi connectivity index (χ1v) is 13.8. The lowest BCUT2D eigenvalue weighted by Gasteiger charge is -2.44. The molecule has 4 heteroatoms. The molecule has 1 N–H and O–H groups in total. The Balaban J connectivity index is 1.75. The fourth-order valence-corrected chi connectivity index (χ4v) is 7.23. The van der Waals surface area contributed by atoms with Crippen LogP contribution >= 0.6 is 15.9 Å². The van der Waals surface area contributed by atoms with Crippen molar-refractivity contribution >= 4 is 21.9 Å². The number of carbonyl (C=O) groups excluding carboxylic acids is 1. The van der Waals surface area contributed by atoms with Gasteiger partial charge in [0.15, 0.2) is 0 Å². The van der Waals surface area contributed by atoms with Crippen LogP contribution in [0.25, 0.3) is 0 Å². The first kappa shape index (κ1) is 27.2. The molecule has 34 heavy (non-hydrogen) atoms. The number of rotatable bonds is 8. The van der Waals surface area contributed by atoms with E-state index in [1.165, 1.54) is 32.1 Å². The van der Waals surface area contributed by atoms with E-state index in [1.807, 2.05) is 51.1 Å². The minimum atomic E-state index is -0.573. The maximum atomic E-state index is 12.3. The third-order valence-corrected chi connectivity index (χ3v) is 9.05. The summed E-state index contributed by atoms with van der Waals surface area (Å²) in [5.41, 5.74) is 3.09. The van der Waals surface area contributed by atoms with Gasteiger partial charge in [-0.25, -0.2) is 0 Å². The molecule has 0 aliphatic heterocycles. The van der Waals surface area contributed by atoms with Crippen molar-refractivity contribution in [3.63, 3.8) is 0 Å². The van der Waals surface area contributed by atoms with E-state index in [4.69, 9.17) is 4.74 Å². The average Bonchev–Trinajstić information content (AvgIpc) is 3.14. The lowest BCUT2D eigenvalue weighted by atomic mass is 9.61. The van der Waals surface area contributed by atoms with Gasteiger partial charge in [0.05, 0.1) is 11.5 Å². The van der Waals surface area contributed by atoms with Gasteiger partial charge in [-0.3, -0.25) is 4.79 Å². The predicted octanol–water partition coefficient (Wildman–Crippen LogP) is 7.80. The largest absolute Gasteiger partial charge is 0.461 e. The van der Waals surface area contributed by atoms with Crippen LogP contribution in [0, 0.1) is 28.6 Å². The molecule has 0 radical (unpaired) electrons. The Morgan fingerprint density at radius 3 is 2.59 bits per heavy atom. The van der Waals surface area contributed by atoms with Crippen molar-refractivity contribution in [2.45, 2.75) is 85.2 Å². The van der Waals surface area contributed by atoms with Crippen molar-refractivity contribution in [3.8, 4) is 0 Å². The zero-order chi connectivity index (χ0) is 25.1. The average molecular weight is 532 g/mol. The highest BCUT2D eigenvalue weighted by molar-refractivity contribution is 9.11. The van der Waals surface area contributed by atoms with Gasteiger partial charge in [-0.05, 0) is 98.6 Å². The molecule has 2 fully saturated rings. The topological polar surface area (TPSA) is 46.5 Å². The number of fused-ring (bicyclic) bond motifs is 1. The Hall–Kier alpha value is -1.39. The molecule has 2 saturated carbocycles. The molecule has 0 saturated heterocycles. The van der Waals surface area contributed by atoms with E-state index in [0.717, 1.165) is 11.1 Å². The molecule has 3 nitrogen and oxygen atoms in total. The second kappa shape index (κ2) is 11.1. The van der Waals surface area contributed by atoms with Crippen LogP contribution in [0.15, 0.2) is 53.0 Å². The summed E-state index contributed by atoms with van der Waals surface area (Å²) in [5.74, 6) is 1.14. The van der Waals surface area contributed by atoms with E-state index in [-0.39, 0.29) is 18.5 Å². The summed E-state index contributed by atoms with van der Waals surface area (Å²) in [4.78, 5) is 14.5. The van der Waals surface area contributed by atoms with E-state index in [1.54, 1.807) is 5.57 Å². The standard InChI is InChI=1S/C30H43BrO3/c1-20(24-14-15-25-23(18-31)13-10-16-30(24,25)6)17-26(32)27(22-11-8-7-9-12-22)21(2)19-34-28(33)29(3,4)5/h7-9,11-12,18,20,24-27,32H,2,10,13-17,19H2,1,3-6H3/b23-18+/t20-,24-,25+,26+,27-,30-/m1/s1. The monoisotopic (exact) mass is 530 g/mol. The molecule has 188 valence electrons. The normalized spacial score (nSPS) is 28.7. The van der Waals surface area contributed by atoms with Crippen LogP contribution < -0.4 is 0 Å². The Bertz CT molecular complexity index is 884. The van der Waals surface area contributed by atoms with Gasteiger partial charge < -0.3 is 9.84 Å². The maximum absolute atomic E-state index is 12.3. The molecule has 0 unspecified atom stereocenters. The predicted molar refractivity (Wildman–Crippen MR) is 144 cm³/mol. The highest BCUT2D eigenvalue weighted by Gasteiger charge is 2.51. The van der Waals surface area contributed by atoms with E-state index in [9.17, 15) is 9.90 Å². The lowest BCUT2D eigenvalue weighted by Crippen LogP contribution is -2.37. The summed E-state index contributed by atoms with van der Waals surface area (Å²) in [6, 6.07) is 10.0. The number of aliphatic hydroxyl groups is 1. The molecule has 1 aromatic carbocycles. The molecule has 0 spiro atoms. The fourth-order valence-electron chi connectivity index (χ4n) is 6.68. The number of halogens is 1. The molecule has 2 aliphatic rings. The summed E-state index contributed by atoms with van der Waals surface area (Å²) >= 11 is 3.62. The number of hydrogen-bond acceptors (Lipinski definition) is 3. The number of esters is 1. The van der Waals surface area contributed by atoms with Gasteiger partial charge in [-0.15, -0.1) is 0 Å². The van der Waals surface area contributed by atoms with Gasteiger partial charge in [0.2, 0.25) is 0 Å². The maximum Gasteiger partial charge on any atom is 0.311 e. The molecule has 1 aromatic rings. The molecule has 0 amide bonds. The van der Waals surface area contributed by atoms with Gasteiger partial charge in [-0.1, -0.05) is 72.3 Å². The van der Waals surface area contributed by atoms with Crippen molar-refractivity contribution in [1.82, 2.24) is 0 Å². The third kappa shape index (κ3) is 5.87. The van der Waals surface area contributed by atoms with Gasteiger partial charge >= 0.3 is 5.97 Å². The van der Waals surface area contributed by atoms with Crippen molar-refractivity contribution in [1.29, 1.82) is 0 Å². The number of aliphatic hydroxyl groups excluding tert-OH is 1. The summed E-state index contributed by atoms with van der Waals surface area (Å²) in [7, 11) is 0. The van der Waals surface area contributed by atoms with Gasteiger partial charge in [0.25, 0.3) is 0 Å². The molecule has 3 rings (SSSR count). The minimum absolute atomic E-state index is 0.129. The zero-order valence-corrected chi connectivity index (χ0v) is 23.2. The van der Waals surface area contributed by atoms with E-state index >= 15 is 0 Å². The Morgan fingerprint density at radius 1 is 1.29 bits per heavy atom. The Morgan fingerprint density at radius 2 is 1.97 bits per heavy atom. The SMILES string of the molecule is C=C(COC(=O)C(C)(C)C)[C@H](c1ccccc1)[C@@H](O)C[C@@H](C)[C@H]1CC[C@H]2/C(=C/Br)CCC[C@]12C. The fraction of sp³-hybridized carbons (Fsp3) is 0.633. The van der Waals surface area contributed by atoms with Crippen LogP contribution in [0.2, 0.25) is 0 Å². The number of hydrogen-bond donors (Lipinski definition) is 1. The van der Waals surface area contributed by atoms with E-state index < -0.39 is 11.5 Å². The molecule has 0 heterocycles. The number of carbonyl (C=O) groups is 1. The molecule has 6 atom stereocenters. The summed E-state index contributed by atoms with van der Waals surface area (Å²) in [6.07, 6.45) is 6.33. The van der Waals surface area contributed by atoms with Crippen molar-refractivity contribution in [2.75, 3.05) is 6.61 Å². The number of allylic oxidation sites excluding steroid dienone is 1. The summed E-state index contributed by atoms with van der Waals surface area (Å²) in [6.45, 7) is 14.7. The number of ether oxygens (including phenoxy) is 1. The Labute approximate surface area is 215 Å². The molecule has 2 aliphatic carbocycles. The van der Waals surface area contributed by atoms with Gasteiger partial charge in [-0.2, -0.15) is 0 Å². The van der Waals surface area contributed by atoms with Crippen molar-refractivity contribution in [3.05, 3.63) is 58.6 Å².